The molecule has 2 rings (SSSR count). The van der Waals surface area contributed by atoms with E-state index in [2.05, 4.69) is 10.3 Å². The Kier molecular flexibility index (Phi) is 6.25. The molecule has 1 unspecified atom stereocenters. The fourth-order valence-corrected chi connectivity index (χ4v) is 3.68. The van der Waals surface area contributed by atoms with E-state index < -0.39 is 11.5 Å². The smallest absolute Gasteiger partial charge is 0.341 e. The van der Waals surface area contributed by atoms with Crippen molar-refractivity contribution in [3.8, 4) is 0 Å². The zero-order valence-corrected chi connectivity index (χ0v) is 15.9. The molecule has 6 nitrogen and oxygen atoms in total. The van der Waals surface area contributed by atoms with Crippen molar-refractivity contribution in [2.75, 3.05) is 25.6 Å². The van der Waals surface area contributed by atoms with Crippen LogP contribution in [-0.2, 0) is 14.3 Å². The van der Waals surface area contributed by atoms with Crippen molar-refractivity contribution in [3.05, 3.63) is 35.4 Å². The maximum absolute atomic E-state index is 12.4. The highest BCUT2D eigenvalue weighted by atomic mass is 32.2. The van der Waals surface area contributed by atoms with Gasteiger partial charge in [-0.1, -0.05) is 23.9 Å². The normalized spacial score (nSPS) is 17.0. The number of esters is 1. The Bertz CT molecular complexity index is 724. The molecule has 0 aliphatic carbocycles. The number of ether oxygens (including phenoxy) is 1. The predicted octanol–water partition coefficient (Wildman–Crippen LogP) is 2.65. The number of thioether (sulfide) groups is 1. The molecule has 0 saturated heterocycles. The largest absolute Gasteiger partial charge is 0.462 e. The predicted molar refractivity (Wildman–Crippen MR) is 103 cm³/mol. The fraction of sp³-hybridized carbons (Fsp3) is 0.389. The molecule has 1 aromatic rings. The SMILES string of the molecule is CCOC(=O)C1=C(c2ccc(N(C)C)cc2)SC(NC(C)=O)N=C1C. The van der Waals surface area contributed by atoms with Crippen LogP contribution in [0.3, 0.4) is 0 Å². The van der Waals surface area contributed by atoms with Crippen LogP contribution in [0.1, 0.15) is 26.3 Å². The van der Waals surface area contributed by atoms with Crippen molar-refractivity contribution < 1.29 is 14.3 Å². The summed E-state index contributed by atoms with van der Waals surface area (Å²) in [6.07, 6.45) is 0. The molecule has 1 N–H and O–H groups in total. The van der Waals surface area contributed by atoms with Crippen molar-refractivity contribution in [2.45, 2.75) is 26.3 Å². The topological polar surface area (TPSA) is 71.0 Å². The molecule has 0 fully saturated rings. The molecule has 0 saturated carbocycles. The van der Waals surface area contributed by atoms with Gasteiger partial charge in [0.2, 0.25) is 5.91 Å². The number of carbonyl (C=O) groups excluding carboxylic acids is 2. The third kappa shape index (κ3) is 4.63. The Morgan fingerprint density at radius 2 is 1.92 bits per heavy atom. The van der Waals surface area contributed by atoms with Gasteiger partial charge < -0.3 is 15.0 Å². The van der Waals surface area contributed by atoms with E-state index in [1.165, 1.54) is 18.7 Å². The van der Waals surface area contributed by atoms with Crippen LogP contribution in [0.15, 0.2) is 34.8 Å². The van der Waals surface area contributed by atoms with Gasteiger partial charge in [-0.2, -0.15) is 0 Å². The molecule has 134 valence electrons. The van der Waals surface area contributed by atoms with Crippen LogP contribution in [0.4, 0.5) is 5.69 Å². The lowest BCUT2D eigenvalue weighted by atomic mass is 10.1. The van der Waals surface area contributed by atoms with Crippen LogP contribution in [-0.4, -0.2) is 43.8 Å². The summed E-state index contributed by atoms with van der Waals surface area (Å²) in [6.45, 7) is 5.27. The Labute approximate surface area is 152 Å². The maximum atomic E-state index is 12.4. The highest BCUT2D eigenvalue weighted by Crippen LogP contribution is 2.38. The summed E-state index contributed by atoms with van der Waals surface area (Å²) < 4.78 is 5.20. The lowest BCUT2D eigenvalue weighted by Gasteiger charge is -2.24. The van der Waals surface area contributed by atoms with Crippen molar-refractivity contribution >= 4 is 39.9 Å². The lowest BCUT2D eigenvalue weighted by molar-refractivity contribution is -0.137. The van der Waals surface area contributed by atoms with Crippen LogP contribution in [0, 0.1) is 0 Å². The third-order valence-corrected chi connectivity index (χ3v) is 4.70. The number of hydrogen-bond acceptors (Lipinski definition) is 6. The Hall–Kier alpha value is -2.28. The van der Waals surface area contributed by atoms with E-state index in [-0.39, 0.29) is 5.91 Å². The van der Waals surface area contributed by atoms with Crippen molar-refractivity contribution in [1.29, 1.82) is 0 Å². The average Bonchev–Trinajstić information content (AvgIpc) is 2.53. The first-order chi connectivity index (χ1) is 11.8. The second kappa shape index (κ2) is 8.20. The molecular weight excluding hydrogens is 338 g/mol. The number of nitrogens with zero attached hydrogens (tertiary/aromatic N) is 2. The van der Waals surface area contributed by atoms with E-state index in [0.29, 0.717) is 17.9 Å². The summed E-state index contributed by atoms with van der Waals surface area (Å²) >= 11 is 1.34. The van der Waals surface area contributed by atoms with Gasteiger partial charge in [-0.3, -0.25) is 9.79 Å². The van der Waals surface area contributed by atoms with Gasteiger partial charge in [0.05, 0.1) is 17.9 Å². The molecule has 1 aromatic carbocycles. The highest BCUT2D eigenvalue weighted by Gasteiger charge is 2.29. The number of nitrogens with one attached hydrogen (secondary N) is 1. The summed E-state index contributed by atoms with van der Waals surface area (Å²) in [4.78, 5) is 31.0. The zero-order chi connectivity index (χ0) is 18.6. The summed E-state index contributed by atoms with van der Waals surface area (Å²) in [5.74, 6) is -0.569. The van der Waals surface area contributed by atoms with E-state index in [1.54, 1.807) is 13.8 Å². The summed E-state index contributed by atoms with van der Waals surface area (Å²) in [6, 6.07) is 7.89. The number of amides is 1. The van der Waals surface area contributed by atoms with Gasteiger partial charge in [-0.15, -0.1) is 0 Å². The minimum Gasteiger partial charge on any atom is -0.462 e. The molecule has 25 heavy (non-hydrogen) atoms. The van der Waals surface area contributed by atoms with Gasteiger partial charge in [0.1, 0.15) is 0 Å². The van der Waals surface area contributed by atoms with E-state index in [1.807, 2.05) is 43.3 Å². The van der Waals surface area contributed by atoms with Crippen molar-refractivity contribution in [3.63, 3.8) is 0 Å². The van der Waals surface area contributed by atoms with Crippen LogP contribution in [0.2, 0.25) is 0 Å². The van der Waals surface area contributed by atoms with E-state index >= 15 is 0 Å². The van der Waals surface area contributed by atoms with Crippen LogP contribution >= 0.6 is 11.8 Å². The molecule has 1 aliphatic rings. The molecule has 0 bridgehead atoms. The molecule has 1 aliphatic heterocycles. The number of hydrogen-bond donors (Lipinski definition) is 1. The molecule has 1 heterocycles. The monoisotopic (exact) mass is 361 g/mol. The first-order valence-corrected chi connectivity index (χ1v) is 8.89. The molecule has 1 amide bonds. The van der Waals surface area contributed by atoms with Crippen molar-refractivity contribution in [2.24, 2.45) is 4.99 Å². The minimum atomic E-state index is -0.459. The molecule has 0 spiro atoms. The van der Waals surface area contributed by atoms with E-state index in [0.717, 1.165) is 16.2 Å². The standard InChI is InChI=1S/C18H23N3O3S/c1-6-24-17(23)15-11(2)19-18(20-12(3)22)25-16(15)13-7-9-14(10-8-13)21(4)5/h7-10,18H,6H2,1-5H3,(H,20,22). The van der Waals surface area contributed by atoms with Gasteiger partial charge in [0.25, 0.3) is 0 Å². The summed E-state index contributed by atoms with van der Waals surface area (Å²) in [5.41, 5.74) is 2.50. The number of rotatable bonds is 5. The van der Waals surface area contributed by atoms with Gasteiger partial charge in [0, 0.05) is 31.6 Å². The Morgan fingerprint density at radius 3 is 2.44 bits per heavy atom. The van der Waals surface area contributed by atoms with E-state index in [9.17, 15) is 9.59 Å². The Balaban J connectivity index is 2.47. The van der Waals surface area contributed by atoms with Crippen molar-refractivity contribution in [1.82, 2.24) is 5.32 Å². The summed E-state index contributed by atoms with van der Waals surface area (Å²) in [5, 5.41) is 2.77. The number of carbonyl (C=O) groups is 2. The van der Waals surface area contributed by atoms with Crippen LogP contribution in [0.25, 0.3) is 4.91 Å². The lowest BCUT2D eigenvalue weighted by Crippen LogP contribution is -2.32. The number of aliphatic imine (C=N–C) groups is 1. The first kappa shape index (κ1) is 19.1. The molecule has 1 atom stereocenters. The van der Waals surface area contributed by atoms with E-state index in [4.69, 9.17) is 4.74 Å². The first-order valence-electron chi connectivity index (χ1n) is 8.01. The minimum absolute atomic E-state index is 0.170. The number of benzene rings is 1. The fourth-order valence-electron chi connectivity index (χ4n) is 2.40. The highest BCUT2D eigenvalue weighted by molar-refractivity contribution is 8.09. The van der Waals surface area contributed by atoms with Gasteiger partial charge >= 0.3 is 5.97 Å². The molecule has 0 aromatic heterocycles. The second-order valence-corrected chi connectivity index (χ2v) is 6.84. The van der Waals surface area contributed by atoms with Gasteiger partial charge in [-0.25, -0.2) is 4.79 Å². The zero-order valence-electron chi connectivity index (χ0n) is 15.1. The van der Waals surface area contributed by atoms with Crippen LogP contribution < -0.4 is 10.2 Å². The molecule has 0 radical (unpaired) electrons. The second-order valence-electron chi connectivity index (χ2n) is 5.75. The van der Waals surface area contributed by atoms with Gasteiger partial charge in [0.15, 0.2) is 5.50 Å². The molecule has 7 heteroatoms. The number of anilines is 1. The quantitative estimate of drug-likeness (QED) is 0.817. The third-order valence-electron chi connectivity index (χ3n) is 3.58. The summed E-state index contributed by atoms with van der Waals surface area (Å²) in [7, 11) is 3.94. The Morgan fingerprint density at radius 1 is 1.28 bits per heavy atom. The van der Waals surface area contributed by atoms with Gasteiger partial charge in [-0.05, 0) is 31.5 Å². The molecular formula is C18H23N3O3S. The maximum Gasteiger partial charge on any atom is 0.341 e. The average molecular weight is 361 g/mol. The van der Waals surface area contributed by atoms with Crippen LogP contribution in [0.5, 0.6) is 0 Å².